The number of amides is 1. The fraction of sp³-hybridized carbons (Fsp3) is 0.571. The summed E-state index contributed by atoms with van der Waals surface area (Å²) in [6.07, 6.45) is 3.49. The van der Waals surface area contributed by atoms with Crippen LogP contribution in [-0.4, -0.2) is 48.0 Å². The van der Waals surface area contributed by atoms with Gasteiger partial charge in [0.25, 0.3) is 0 Å². The Morgan fingerprint density at radius 3 is 2.65 bits per heavy atom. The van der Waals surface area contributed by atoms with Crippen LogP contribution in [0.3, 0.4) is 0 Å². The molecule has 2 heterocycles. The second kappa shape index (κ2) is 7.04. The van der Waals surface area contributed by atoms with Gasteiger partial charge in [0.05, 0.1) is 6.04 Å². The molecule has 20 heavy (non-hydrogen) atoms. The fourth-order valence-electron chi connectivity index (χ4n) is 2.38. The topological polar surface area (TPSA) is 62.5 Å². The average Bonchev–Trinajstić information content (AvgIpc) is 2.48. The van der Waals surface area contributed by atoms with E-state index in [1.165, 1.54) is 0 Å². The molecule has 1 saturated heterocycles. The van der Waals surface area contributed by atoms with Crippen molar-refractivity contribution >= 4 is 27.7 Å². The van der Waals surface area contributed by atoms with Crippen LogP contribution in [0.4, 0.5) is 5.82 Å². The highest BCUT2D eigenvalue weighted by molar-refractivity contribution is 9.10. The normalized spacial score (nSPS) is 17.1. The highest BCUT2D eigenvalue weighted by Gasteiger charge is 2.25. The van der Waals surface area contributed by atoms with Crippen molar-refractivity contribution in [3.63, 3.8) is 0 Å². The zero-order chi connectivity index (χ0) is 14.5. The molecule has 1 aromatic heterocycles. The molecule has 0 spiro atoms. The number of rotatable bonds is 4. The summed E-state index contributed by atoms with van der Waals surface area (Å²) >= 11 is 3.38. The molecular formula is C14H21BrN4O. The molecule has 1 aliphatic heterocycles. The zero-order valence-electron chi connectivity index (χ0n) is 11.8. The molecular weight excluding hydrogens is 320 g/mol. The molecule has 5 nitrogen and oxygen atoms in total. The van der Waals surface area contributed by atoms with Crippen LogP contribution in [0.1, 0.15) is 19.8 Å². The summed E-state index contributed by atoms with van der Waals surface area (Å²) in [5.74, 6) is 1.04. The number of nitrogens with two attached hydrogens (primary N) is 1. The van der Waals surface area contributed by atoms with E-state index in [0.29, 0.717) is 13.1 Å². The molecule has 0 bridgehead atoms. The molecule has 1 aliphatic rings. The second-order valence-electron chi connectivity index (χ2n) is 5.04. The third kappa shape index (κ3) is 3.70. The summed E-state index contributed by atoms with van der Waals surface area (Å²) in [7, 11) is 0. The van der Waals surface area contributed by atoms with Crippen LogP contribution in [0.2, 0.25) is 0 Å². The van der Waals surface area contributed by atoms with Gasteiger partial charge in [-0.05, 0) is 34.5 Å². The van der Waals surface area contributed by atoms with Gasteiger partial charge in [0.2, 0.25) is 5.91 Å². The number of pyridine rings is 1. The first-order chi connectivity index (χ1) is 9.61. The molecule has 1 fully saturated rings. The van der Waals surface area contributed by atoms with Crippen LogP contribution >= 0.6 is 15.9 Å². The first kappa shape index (κ1) is 15.3. The van der Waals surface area contributed by atoms with Crippen LogP contribution in [-0.2, 0) is 4.79 Å². The third-order valence-electron chi connectivity index (χ3n) is 3.54. The molecule has 0 saturated carbocycles. The first-order valence-electron chi connectivity index (χ1n) is 7.02. The van der Waals surface area contributed by atoms with Crippen molar-refractivity contribution in [3.05, 3.63) is 22.8 Å². The molecule has 1 aromatic rings. The summed E-state index contributed by atoms with van der Waals surface area (Å²) in [6.45, 7) is 5.09. The predicted molar refractivity (Wildman–Crippen MR) is 83.6 cm³/mol. The summed E-state index contributed by atoms with van der Waals surface area (Å²) in [4.78, 5) is 20.6. The van der Waals surface area contributed by atoms with E-state index in [1.54, 1.807) is 6.20 Å². The Morgan fingerprint density at radius 2 is 2.10 bits per heavy atom. The Hall–Kier alpha value is -1.14. The predicted octanol–water partition coefficient (Wildman–Crippen LogP) is 1.62. The number of nitrogens with zero attached hydrogens (tertiary/aromatic N) is 3. The van der Waals surface area contributed by atoms with Gasteiger partial charge in [-0.2, -0.15) is 0 Å². The SMILES string of the molecule is CCCC(N)C(=O)N1CCN(c2ccc(Br)cn2)CC1. The standard InChI is InChI=1S/C14H21BrN4O/c1-2-3-12(16)14(20)19-8-6-18(7-9-19)13-5-4-11(15)10-17-13/h4-5,10,12H,2-3,6-9,16H2,1H3. The molecule has 0 radical (unpaired) electrons. The highest BCUT2D eigenvalue weighted by Crippen LogP contribution is 2.16. The van der Waals surface area contributed by atoms with Gasteiger partial charge < -0.3 is 15.5 Å². The van der Waals surface area contributed by atoms with Crippen LogP contribution in [0, 0.1) is 0 Å². The van der Waals surface area contributed by atoms with Crippen LogP contribution in [0.5, 0.6) is 0 Å². The molecule has 2 N–H and O–H groups in total. The number of carbonyl (C=O) groups excluding carboxylic acids is 1. The number of hydrogen-bond donors (Lipinski definition) is 1. The van der Waals surface area contributed by atoms with E-state index in [2.05, 4.69) is 25.8 Å². The second-order valence-corrected chi connectivity index (χ2v) is 5.96. The van der Waals surface area contributed by atoms with Crippen molar-refractivity contribution in [2.45, 2.75) is 25.8 Å². The van der Waals surface area contributed by atoms with E-state index in [4.69, 9.17) is 5.73 Å². The van der Waals surface area contributed by atoms with Gasteiger partial charge in [0.1, 0.15) is 5.82 Å². The van der Waals surface area contributed by atoms with E-state index in [1.807, 2.05) is 24.0 Å². The van der Waals surface area contributed by atoms with Gasteiger partial charge in [-0.1, -0.05) is 13.3 Å². The molecule has 1 amide bonds. The van der Waals surface area contributed by atoms with Gasteiger partial charge in [-0.25, -0.2) is 4.98 Å². The third-order valence-corrected chi connectivity index (χ3v) is 4.01. The van der Waals surface area contributed by atoms with Crippen molar-refractivity contribution in [2.75, 3.05) is 31.1 Å². The summed E-state index contributed by atoms with van der Waals surface area (Å²) in [5, 5.41) is 0. The number of piperazine rings is 1. The minimum atomic E-state index is -0.350. The fourth-order valence-corrected chi connectivity index (χ4v) is 2.61. The van der Waals surface area contributed by atoms with E-state index < -0.39 is 0 Å². The monoisotopic (exact) mass is 340 g/mol. The quantitative estimate of drug-likeness (QED) is 0.904. The lowest BCUT2D eigenvalue weighted by atomic mass is 10.1. The lowest BCUT2D eigenvalue weighted by molar-refractivity contribution is -0.133. The Balaban J connectivity index is 1.89. The zero-order valence-corrected chi connectivity index (χ0v) is 13.3. The maximum absolute atomic E-state index is 12.1. The first-order valence-corrected chi connectivity index (χ1v) is 7.82. The lowest BCUT2D eigenvalue weighted by Gasteiger charge is -2.36. The molecule has 2 rings (SSSR count). The molecule has 110 valence electrons. The number of aromatic nitrogens is 1. The summed E-state index contributed by atoms with van der Waals surface area (Å²) in [5.41, 5.74) is 5.90. The van der Waals surface area contributed by atoms with Crippen molar-refractivity contribution in [3.8, 4) is 0 Å². The average molecular weight is 341 g/mol. The maximum Gasteiger partial charge on any atom is 0.239 e. The molecule has 0 aliphatic carbocycles. The molecule has 6 heteroatoms. The van der Waals surface area contributed by atoms with E-state index >= 15 is 0 Å². The number of halogens is 1. The molecule has 1 unspecified atom stereocenters. The van der Waals surface area contributed by atoms with Crippen molar-refractivity contribution in [1.82, 2.24) is 9.88 Å². The number of anilines is 1. The number of carbonyl (C=O) groups is 1. The largest absolute Gasteiger partial charge is 0.353 e. The maximum atomic E-state index is 12.1. The Morgan fingerprint density at radius 1 is 1.40 bits per heavy atom. The Bertz CT molecular complexity index is 443. The number of hydrogen-bond acceptors (Lipinski definition) is 4. The summed E-state index contributed by atoms with van der Waals surface area (Å²) in [6, 6.07) is 3.62. The van der Waals surface area contributed by atoms with Gasteiger partial charge in [-0.3, -0.25) is 4.79 Å². The van der Waals surface area contributed by atoms with E-state index in [-0.39, 0.29) is 11.9 Å². The Labute approximate surface area is 128 Å². The van der Waals surface area contributed by atoms with Crippen molar-refractivity contribution in [1.29, 1.82) is 0 Å². The minimum Gasteiger partial charge on any atom is -0.353 e. The van der Waals surface area contributed by atoms with Gasteiger partial charge in [-0.15, -0.1) is 0 Å². The van der Waals surface area contributed by atoms with Crippen LogP contribution in [0.25, 0.3) is 0 Å². The van der Waals surface area contributed by atoms with E-state index in [9.17, 15) is 4.79 Å². The van der Waals surface area contributed by atoms with Crippen LogP contribution in [0.15, 0.2) is 22.8 Å². The van der Waals surface area contributed by atoms with Gasteiger partial charge >= 0.3 is 0 Å². The minimum absolute atomic E-state index is 0.0789. The van der Waals surface area contributed by atoms with E-state index in [0.717, 1.165) is 36.2 Å². The molecule has 0 aromatic carbocycles. The Kier molecular flexibility index (Phi) is 5.37. The van der Waals surface area contributed by atoms with Crippen molar-refractivity contribution < 1.29 is 4.79 Å². The highest BCUT2D eigenvalue weighted by atomic mass is 79.9. The molecule has 1 atom stereocenters. The lowest BCUT2D eigenvalue weighted by Crippen LogP contribution is -2.53. The van der Waals surface area contributed by atoms with Crippen molar-refractivity contribution in [2.24, 2.45) is 5.73 Å². The van der Waals surface area contributed by atoms with Gasteiger partial charge in [0, 0.05) is 36.8 Å². The van der Waals surface area contributed by atoms with Crippen LogP contribution < -0.4 is 10.6 Å². The van der Waals surface area contributed by atoms with Gasteiger partial charge in [0.15, 0.2) is 0 Å². The summed E-state index contributed by atoms with van der Waals surface area (Å²) < 4.78 is 0.973. The smallest absolute Gasteiger partial charge is 0.239 e.